The van der Waals surface area contributed by atoms with Crippen molar-refractivity contribution >= 4 is 11.9 Å². The summed E-state index contributed by atoms with van der Waals surface area (Å²) in [5.74, 6) is -0.912. The van der Waals surface area contributed by atoms with E-state index < -0.39 is 5.97 Å². The zero-order chi connectivity index (χ0) is 14.4. The second-order valence-corrected chi connectivity index (χ2v) is 5.36. The Morgan fingerprint density at radius 3 is 2.55 bits per heavy atom. The van der Waals surface area contributed by atoms with Crippen LogP contribution in [0.5, 0.6) is 0 Å². The summed E-state index contributed by atoms with van der Waals surface area (Å²) in [6.07, 6.45) is 6.59. The lowest BCUT2D eigenvalue weighted by atomic mass is 9.95. The predicted octanol–water partition coefficient (Wildman–Crippen LogP) is 2.77. The number of carbonyl (C=O) groups excluding carboxylic acids is 1. The number of carboxylic acids is 1. The molecule has 2 rings (SSSR count). The first-order chi connectivity index (χ1) is 9.66. The van der Waals surface area contributed by atoms with Crippen LogP contribution in [-0.4, -0.2) is 23.0 Å². The molecule has 0 spiro atoms. The van der Waals surface area contributed by atoms with Gasteiger partial charge in [-0.15, -0.1) is 0 Å². The normalized spacial score (nSPS) is 15.8. The summed E-state index contributed by atoms with van der Waals surface area (Å²) < 4.78 is 0. The fourth-order valence-electron chi connectivity index (χ4n) is 2.74. The van der Waals surface area contributed by atoms with Crippen molar-refractivity contribution < 1.29 is 14.7 Å². The number of hydrogen-bond acceptors (Lipinski definition) is 2. The Morgan fingerprint density at radius 2 is 1.85 bits per heavy atom. The first-order valence-corrected chi connectivity index (χ1v) is 7.27. The van der Waals surface area contributed by atoms with Crippen LogP contribution in [0, 0.1) is 0 Å². The van der Waals surface area contributed by atoms with Crippen LogP contribution in [0.1, 0.15) is 54.4 Å². The van der Waals surface area contributed by atoms with E-state index in [1.807, 2.05) is 0 Å². The molecule has 4 heteroatoms. The zero-order valence-electron chi connectivity index (χ0n) is 11.6. The molecule has 1 fully saturated rings. The van der Waals surface area contributed by atoms with Gasteiger partial charge in [0, 0.05) is 12.5 Å². The summed E-state index contributed by atoms with van der Waals surface area (Å²) in [5, 5.41) is 12.1. The third-order valence-electron chi connectivity index (χ3n) is 3.84. The Labute approximate surface area is 119 Å². The number of aromatic carboxylic acids is 1. The molecule has 1 aromatic carbocycles. The molecule has 1 aliphatic rings. The number of carbonyl (C=O) groups is 2. The molecule has 2 N–H and O–H groups in total. The molecule has 1 saturated carbocycles. The quantitative estimate of drug-likeness (QED) is 0.868. The molecule has 0 radical (unpaired) electrons. The van der Waals surface area contributed by atoms with Gasteiger partial charge in [-0.2, -0.15) is 0 Å². The highest BCUT2D eigenvalue weighted by molar-refractivity contribution is 5.89. The van der Waals surface area contributed by atoms with Gasteiger partial charge < -0.3 is 10.4 Å². The van der Waals surface area contributed by atoms with Crippen LogP contribution >= 0.6 is 0 Å². The van der Waals surface area contributed by atoms with Crippen molar-refractivity contribution in [1.29, 1.82) is 0 Å². The van der Waals surface area contributed by atoms with Crippen molar-refractivity contribution in [3.8, 4) is 0 Å². The molecule has 0 bridgehead atoms. The van der Waals surface area contributed by atoms with Gasteiger partial charge in [-0.3, -0.25) is 4.79 Å². The highest BCUT2D eigenvalue weighted by atomic mass is 16.4. The number of carboxylic acid groups (broad SMARTS) is 1. The van der Waals surface area contributed by atoms with Crippen LogP contribution in [0.15, 0.2) is 24.3 Å². The van der Waals surface area contributed by atoms with Gasteiger partial charge >= 0.3 is 5.97 Å². The van der Waals surface area contributed by atoms with Crippen LogP contribution in [0.3, 0.4) is 0 Å². The van der Waals surface area contributed by atoms with Gasteiger partial charge in [0.15, 0.2) is 0 Å². The number of benzene rings is 1. The molecular weight excluding hydrogens is 254 g/mol. The molecule has 0 saturated heterocycles. The standard InChI is InChI=1S/C16H21NO3/c18-15(17-13-7-2-1-3-8-13)11-10-12-6-4-5-9-14(12)16(19)20/h4-6,9,13H,1-3,7-8,10-11H2,(H,17,18)(H,19,20). The van der Waals surface area contributed by atoms with E-state index in [0.29, 0.717) is 18.9 Å². The van der Waals surface area contributed by atoms with Crippen LogP contribution in [0.25, 0.3) is 0 Å². The SMILES string of the molecule is O=C(CCc1ccccc1C(=O)O)NC1CCCCC1. The molecule has 1 amide bonds. The van der Waals surface area contributed by atoms with Gasteiger partial charge in [0.05, 0.1) is 5.56 Å². The van der Waals surface area contributed by atoms with Crippen molar-refractivity contribution in [2.45, 2.75) is 51.0 Å². The minimum Gasteiger partial charge on any atom is -0.478 e. The maximum Gasteiger partial charge on any atom is 0.335 e. The molecule has 1 aliphatic carbocycles. The molecule has 0 unspecified atom stereocenters. The van der Waals surface area contributed by atoms with Gasteiger partial charge in [-0.05, 0) is 30.9 Å². The van der Waals surface area contributed by atoms with E-state index in [9.17, 15) is 9.59 Å². The van der Waals surface area contributed by atoms with E-state index in [1.54, 1.807) is 24.3 Å². The zero-order valence-corrected chi connectivity index (χ0v) is 11.6. The first-order valence-electron chi connectivity index (χ1n) is 7.27. The van der Waals surface area contributed by atoms with Gasteiger partial charge in [0.2, 0.25) is 5.91 Å². The topological polar surface area (TPSA) is 66.4 Å². The van der Waals surface area contributed by atoms with Crippen molar-refractivity contribution in [2.75, 3.05) is 0 Å². The van der Waals surface area contributed by atoms with Crippen molar-refractivity contribution in [2.24, 2.45) is 0 Å². The predicted molar refractivity (Wildman–Crippen MR) is 76.7 cm³/mol. The average Bonchev–Trinajstić information content (AvgIpc) is 2.46. The minimum atomic E-state index is -0.937. The number of hydrogen-bond donors (Lipinski definition) is 2. The number of amides is 1. The largest absolute Gasteiger partial charge is 0.478 e. The maximum absolute atomic E-state index is 11.9. The third-order valence-corrected chi connectivity index (χ3v) is 3.84. The van der Waals surface area contributed by atoms with E-state index in [1.165, 1.54) is 19.3 Å². The van der Waals surface area contributed by atoms with Crippen LogP contribution in [0.4, 0.5) is 0 Å². The average molecular weight is 275 g/mol. The molecule has 0 aliphatic heterocycles. The number of aryl methyl sites for hydroxylation is 1. The molecular formula is C16H21NO3. The van der Waals surface area contributed by atoms with E-state index >= 15 is 0 Å². The van der Waals surface area contributed by atoms with E-state index in [-0.39, 0.29) is 11.5 Å². The summed E-state index contributed by atoms with van der Waals surface area (Å²) in [4.78, 5) is 23.0. The molecule has 20 heavy (non-hydrogen) atoms. The monoisotopic (exact) mass is 275 g/mol. The van der Waals surface area contributed by atoms with E-state index in [0.717, 1.165) is 18.4 Å². The Bertz CT molecular complexity index is 478. The van der Waals surface area contributed by atoms with Crippen molar-refractivity contribution in [1.82, 2.24) is 5.32 Å². The number of rotatable bonds is 5. The highest BCUT2D eigenvalue weighted by Crippen LogP contribution is 2.17. The lowest BCUT2D eigenvalue weighted by Gasteiger charge is -2.22. The molecule has 4 nitrogen and oxygen atoms in total. The molecule has 0 atom stereocenters. The van der Waals surface area contributed by atoms with Crippen molar-refractivity contribution in [3.63, 3.8) is 0 Å². The lowest BCUT2D eigenvalue weighted by molar-refractivity contribution is -0.122. The third kappa shape index (κ3) is 4.08. The Balaban J connectivity index is 1.85. The highest BCUT2D eigenvalue weighted by Gasteiger charge is 2.16. The first kappa shape index (κ1) is 14.6. The van der Waals surface area contributed by atoms with Gasteiger partial charge in [-0.1, -0.05) is 37.5 Å². The van der Waals surface area contributed by atoms with Crippen LogP contribution in [-0.2, 0) is 11.2 Å². The Kier molecular flexibility index (Phi) is 5.16. The fourth-order valence-corrected chi connectivity index (χ4v) is 2.74. The molecule has 1 aromatic rings. The van der Waals surface area contributed by atoms with E-state index in [4.69, 9.17) is 5.11 Å². The fraction of sp³-hybridized carbons (Fsp3) is 0.500. The summed E-state index contributed by atoms with van der Waals surface area (Å²) in [6, 6.07) is 7.18. The summed E-state index contributed by atoms with van der Waals surface area (Å²) >= 11 is 0. The summed E-state index contributed by atoms with van der Waals surface area (Å²) in [5.41, 5.74) is 1.01. The number of nitrogens with one attached hydrogen (secondary N) is 1. The van der Waals surface area contributed by atoms with Gasteiger partial charge in [0.1, 0.15) is 0 Å². The van der Waals surface area contributed by atoms with Gasteiger partial charge in [0.25, 0.3) is 0 Å². The maximum atomic E-state index is 11.9. The molecule has 0 heterocycles. The second-order valence-electron chi connectivity index (χ2n) is 5.36. The second kappa shape index (κ2) is 7.08. The van der Waals surface area contributed by atoms with Gasteiger partial charge in [-0.25, -0.2) is 4.79 Å². The Hall–Kier alpha value is -1.84. The lowest BCUT2D eigenvalue weighted by Crippen LogP contribution is -2.36. The van der Waals surface area contributed by atoms with Crippen LogP contribution in [0.2, 0.25) is 0 Å². The summed E-state index contributed by atoms with van der Waals surface area (Å²) in [7, 11) is 0. The van der Waals surface area contributed by atoms with Crippen molar-refractivity contribution in [3.05, 3.63) is 35.4 Å². The smallest absolute Gasteiger partial charge is 0.335 e. The van der Waals surface area contributed by atoms with E-state index in [2.05, 4.69) is 5.32 Å². The molecule has 108 valence electrons. The molecule has 0 aromatic heterocycles. The summed E-state index contributed by atoms with van der Waals surface area (Å²) in [6.45, 7) is 0. The minimum absolute atomic E-state index is 0.0251. The Morgan fingerprint density at radius 1 is 1.15 bits per heavy atom. The van der Waals surface area contributed by atoms with Crippen LogP contribution < -0.4 is 5.32 Å².